The molecule has 3 aliphatic heterocycles. The first-order valence-corrected chi connectivity index (χ1v) is 19.4. The average molecular weight is 758 g/mol. The number of hydrogen-bond donors (Lipinski definition) is 2. The van der Waals surface area contributed by atoms with Crippen molar-refractivity contribution in [3.8, 4) is 0 Å². The van der Waals surface area contributed by atoms with Crippen LogP contribution in [0.4, 0.5) is 0 Å². The minimum atomic E-state index is -1.35. The van der Waals surface area contributed by atoms with Crippen molar-refractivity contribution in [3.63, 3.8) is 0 Å². The maximum atomic E-state index is 15.3. The predicted molar refractivity (Wildman–Crippen MR) is 209 cm³/mol. The second kappa shape index (κ2) is 17.2. The number of fused-ring (bicyclic) bond motifs is 1. The van der Waals surface area contributed by atoms with Gasteiger partial charge in [-0.25, -0.2) is 0 Å². The number of hydrogen-bond acceptors (Lipinski definition) is 8. The fourth-order valence-electron chi connectivity index (χ4n) is 9.43. The van der Waals surface area contributed by atoms with Gasteiger partial charge in [-0.3, -0.25) is 19.2 Å². The number of rotatable bonds is 18. The molecule has 2 aromatic carbocycles. The normalized spacial score (nSPS) is 24.8. The fourth-order valence-corrected chi connectivity index (χ4v) is 9.43. The molecule has 0 saturated carbocycles. The second-order valence-corrected chi connectivity index (χ2v) is 16.9. The molecule has 0 radical (unpaired) electrons. The van der Waals surface area contributed by atoms with Gasteiger partial charge in [0, 0.05) is 25.6 Å². The Labute approximate surface area is 326 Å². The van der Waals surface area contributed by atoms with E-state index in [0.29, 0.717) is 36.8 Å². The Morgan fingerprint density at radius 1 is 1.04 bits per heavy atom. The number of aliphatic hydroxyl groups is 1. The number of aliphatic hydroxyl groups excluding tert-OH is 1. The Kier molecular flexibility index (Phi) is 13.1. The van der Waals surface area contributed by atoms with Gasteiger partial charge in [0.1, 0.15) is 17.7 Å². The van der Waals surface area contributed by atoms with Gasteiger partial charge >= 0.3 is 5.97 Å². The summed E-state index contributed by atoms with van der Waals surface area (Å²) in [6.45, 7) is 17.9. The van der Waals surface area contributed by atoms with E-state index in [-0.39, 0.29) is 36.8 Å². The Morgan fingerprint density at radius 3 is 2.24 bits per heavy atom. The molecule has 0 unspecified atom stereocenters. The highest BCUT2D eigenvalue weighted by Crippen LogP contribution is 2.60. The summed E-state index contributed by atoms with van der Waals surface area (Å²) in [6.07, 6.45) is 3.83. The van der Waals surface area contributed by atoms with Gasteiger partial charge in [-0.2, -0.15) is 0 Å². The van der Waals surface area contributed by atoms with E-state index in [2.05, 4.69) is 39.2 Å². The monoisotopic (exact) mass is 757 g/mol. The summed E-state index contributed by atoms with van der Waals surface area (Å²) in [5.41, 5.74) is -0.846. The van der Waals surface area contributed by atoms with E-state index in [1.54, 1.807) is 17.1 Å². The zero-order valence-corrected chi connectivity index (χ0v) is 33.2. The lowest BCUT2D eigenvalue weighted by Gasteiger charge is -2.46. The van der Waals surface area contributed by atoms with Crippen molar-refractivity contribution in [2.24, 2.45) is 17.3 Å². The number of likely N-dealkylation sites (tertiary alicyclic amines) is 1. The molecule has 2 N–H and O–H groups in total. The number of carbonyl (C=O) groups excluding carboxylic acids is 4. The number of allylic oxidation sites excluding steroid dienone is 1. The Bertz CT molecular complexity index is 1690. The lowest BCUT2D eigenvalue weighted by molar-refractivity contribution is -0.164. The minimum absolute atomic E-state index is 0.0483. The van der Waals surface area contributed by atoms with E-state index in [0.717, 1.165) is 0 Å². The van der Waals surface area contributed by atoms with E-state index in [4.69, 9.17) is 14.2 Å². The molecule has 2 aromatic rings. The van der Waals surface area contributed by atoms with Crippen LogP contribution < -0.4 is 5.32 Å². The molecule has 8 atom stereocenters. The van der Waals surface area contributed by atoms with Crippen molar-refractivity contribution < 1.29 is 38.5 Å². The Hall–Kier alpha value is -4.32. The van der Waals surface area contributed by atoms with Gasteiger partial charge in [0.15, 0.2) is 0 Å². The zero-order chi connectivity index (χ0) is 40.1. The molecule has 11 heteroatoms. The van der Waals surface area contributed by atoms with Crippen LogP contribution in [0.15, 0.2) is 86.0 Å². The number of methoxy groups -OCH3 is 1. The first kappa shape index (κ1) is 41.8. The van der Waals surface area contributed by atoms with Crippen LogP contribution in [0.5, 0.6) is 0 Å². The molecule has 3 saturated heterocycles. The van der Waals surface area contributed by atoms with Gasteiger partial charge in [-0.15, -0.1) is 13.2 Å². The lowest BCUT2D eigenvalue weighted by Crippen LogP contribution is -2.61. The Balaban J connectivity index is 1.58. The van der Waals surface area contributed by atoms with Gasteiger partial charge in [-0.1, -0.05) is 93.6 Å². The SMILES string of the molecule is C=CCCC(=O)N[C@H](COC)[C@H](OC(=O)[C@@H]1[C@@H]2CC[C@]3(O2)[C@H](C(=O)N(CC=C)C(C)(C)CC(C)(C)C)N([C@H](CO)c2ccccc2)C(=O)[C@@H]13)c1ccccc1. The van der Waals surface area contributed by atoms with Crippen molar-refractivity contribution in [3.05, 3.63) is 97.1 Å². The van der Waals surface area contributed by atoms with Crippen LogP contribution in [0.25, 0.3) is 0 Å². The number of esters is 1. The second-order valence-electron chi connectivity index (χ2n) is 16.9. The quantitative estimate of drug-likeness (QED) is 0.146. The molecule has 3 amide bonds. The lowest BCUT2D eigenvalue weighted by atomic mass is 9.70. The van der Waals surface area contributed by atoms with Gasteiger partial charge in [0.05, 0.1) is 43.2 Å². The van der Waals surface area contributed by atoms with Crippen LogP contribution in [0.2, 0.25) is 0 Å². The van der Waals surface area contributed by atoms with E-state index in [1.807, 2.05) is 74.5 Å². The first-order valence-electron chi connectivity index (χ1n) is 19.4. The van der Waals surface area contributed by atoms with Gasteiger partial charge in [-0.05, 0) is 56.1 Å². The summed E-state index contributed by atoms with van der Waals surface area (Å²) >= 11 is 0. The zero-order valence-electron chi connectivity index (χ0n) is 33.2. The molecule has 3 heterocycles. The molecule has 298 valence electrons. The van der Waals surface area contributed by atoms with Crippen molar-refractivity contribution in [1.29, 1.82) is 0 Å². The van der Waals surface area contributed by atoms with Gasteiger partial charge < -0.3 is 34.4 Å². The van der Waals surface area contributed by atoms with Crippen LogP contribution in [-0.2, 0) is 33.4 Å². The number of amides is 3. The van der Waals surface area contributed by atoms with Crippen molar-refractivity contribution in [1.82, 2.24) is 15.1 Å². The highest BCUT2D eigenvalue weighted by atomic mass is 16.6. The van der Waals surface area contributed by atoms with Crippen LogP contribution in [0.3, 0.4) is 0 Å². The van der Waals surface area contributed by atoms with Crippen LogP contribution in [-0.4, -0.2) is 94.8 Å². The molecular formula is C44H59N3O8. The number of nitrogens with zero attached hydrogens (tertiary/aromatic N) is 2. The number of nitrogens with one attached hydrogen (secondary N) is 1. The fraction of sp³-hybridized carbons (Fsp3) is 0.545. The van der Waals surface area contributed by atoms with Crippen molar-refractivity contribution >= 4 is 23.7 Å². The predicted octanol–water partition coefficient (Wildman–Crippen LogP) is 5.71. The summed E-state index contributed by atoms with van der Waals surface area (Å²) in [5.74, 6) is -3.78. The van der Waals surface area contributed by atoms with Crippen LogP contribution >= 0.6 is 0 Å². The van der Waals surface area contributed by atoms with Gasteiger partial charge in [0.2, 0.25) is 17.7 Å². The molecule has 55 heavy (non-hydrogen) atoms. The largest absolute Gasteiger partial charge is 0.455 e. The number of ether oxygens (including phenoxy) is 3. The third-order valence-electron chi connectivity index (χ3n) is 11.2. The Morgan fingerprint density at radius 2 is 1.67 bits per heavy atom. The maximum absolute atomic E-state index is 15.3. The summed E-state index contributed by atoms with van der Waals surface area (Å²) in [7, 11) is 1.51. The third-order valence-corrected chi connectivity index (χ3v) is 11.2. The average Bonchev–Trinajstić information content (AvgIpc) is 3.79. The van der Waals surface area contributed by atoms with E-state index in [9.17, 15) is 14.7 Å². The van der Waals surface area contributed by atoms with Crippen LogP contribution in [0.1, 0.15) is 90.0 Å². The summed E-state index contributed by atoms with van der Waals surface area (Å²) in [4.78, 5) is 61.4. The molecule has 3 aliphatic rings. The van der Waals surface area contributed by atoms with E-state index < -0.39 is 71.8 Å². The molecule has 0 aromatic heterocycles. The smallest absolute Gasteiger partial charge is 0.313 e. The topological polar surface area (TPSA) is 135 Å². The molecule has 2 bridgehead atoms. The number of benzene rings is 2. The standard InChI is InChI=1S/C44H59N3O8/c1-9-11-22-34(49)45-31(27-53-8)37(30-20-16-13-17-21-30)54-41(52)35-33-23-24-44(55-33)36(35)39(50)47(32(26-48)29-18-14-12-15-19-29)38(44)40(51)46(25-10-2)43(6,7)28-42(3,4)5/h9-10,12-21,31-33,35-38,48H,1-2,11,22-28H2,3-8H3,(H,45,49)/t31-,32-,33+,35-,36-,37-,38+,44-/m1/s1. The van der Waals surface area contributed by atoms with Crippen molar-refractivity contribution in [2.45, 2.75) is 108 Å². The molecule has 3 fully saturated rings. The molecule has 1 spiro atoms. The molecular weight excluding hydrogens is 698 g/mol. The maximum Gasteiger partial charge on any atom is 0.313 e. The van der Waals surface area contributed by atoms with Crippen LogP contribution in [0, 0.1) is 17.3 Å². The number of carbonyl (C=O) groups is 4. The first-order chi connectivity index (χ1) is 26.1. The highest BCUT2D eigenvalue weighted by Gasteiger charge is 2.76. The molecule has 0 aliphatic carbocycles. The summed E-state index contributed by atoms with van der Waals surface area (Å²) in [6, 6.07) is 15.5. The van der Waals surface area contributed by atoms with Crippen molar-refractivity contribution in [2.75, 3.05) is 26.9 Å². The van der Waals surface area contributed by atoms with E-state index >= 15 is 9.59 Å². The third kappa shape index (κ3) is 8.59. The summed E-state index contributed by atoms with van der Waals surface area (Å²) in [5, 5.41) is 14.0. The summed E-state index contributed by atoms with van der Waals surface area (Å²) < 4.78 is 18.7. The molecule has 5 rings (SSSR count). The highest BCUT2D eigenvalue weighted by molar-refractivity contribution is 5.98. The van der Waals surface area contributed by atoms with Gasteiger partial charge in [0.25, 0.3) is 0 Å². The molecule has 11 nitrogen and oxygen atoms in total. The minimum Gasteiger partial charge on any atom is -0.455 e. The van der Waals surface area contributed by atoms with E-state index in [1.165, 1.54) is 12.0 Å².